The predicted octanol–water partition coefficient (Wildman–Crippen LogP) is 3.26. The lowest BCUT2D eigenvalue weighted by molar-refractivity contribution is -0.121. The van der Waals surface area contributed by atoms with Crippen molar-refractivity contribution in [2.45, 2.75) is 6.92 Å². The highest BCUT2D eigenvalue weighted by Crippen LogP contribution is 2.35. The summed E-state index contributed by atoms with van der Waals surface area (Å²) in [4.78, 5) is 26.4. The third-order valence-electron chi connectivity index (χ3n) is 4.20. The zero-order valence-electron chi connectivity index (χ0n) is 16.1. The molecule has 7 heteroatoms. The van der Waals surface area contributed by atoms with Crippen LogP contribution in [0.25, 0.3) is 0 Å². The second kappa shape index (κ2) is 8.04. The van der Waals surface area contributed by atoms with E-state index in [9.17, 15) is 9.59 Å². The van der Waals surface area contributed by atoms with Gasteiger partial charge in [0, 0.05) is 29.9 Å². The van der Waals surface area contributed by atoms with Crippen LogP contribution in [-0.2, 0) is 4.79 Å². The normalized spacial score (nSPS) is 12.7. The van der Waals surface area contributed by atoms with Crippen molar-refractivity contribution in [2.75, 3.05) is 37.6 Å². The van der Waals surface area contributed by atoms with Crippen LogP contribution in [0.1, 0.15) is 17.3 Å². The number of methoxy groups -OCH3 is 2. The van der Waals surface area contributed by atoms with Gasteiger partial charge in [-0.25, -0.2) is 0 Å². The van der Waals surface area contributed by atoms with Crippen molar-refractivity contribution < 1.29 is 23.8 Å². The van der Waals surface area contributed by atoms with Crippen LogP contribution in [0.5, 0.6) is 17.2 Å². The molecule has 1 aliphatic heterocycles. The molecule has 0 saturated heterocycles. The molecule has 1 aliphatic rings. The second-order valence-electron chi connectivity index (χ2n) is 6.46. The molecule has 2 aromatic carbocycles. The lowest BCUT2D eigenvalue weighted by Crippen LogP contribution is -2.39. The quantitative estimate of drug-likeness (QED) is 0.776. The van der Waals surface area contributed by atoms with Gasteiger partial charge in [-0.15, -0.1) is 0 Å². The van der Waals surface area contributed by atoms with E-state index in [4.69, 9.17) is 14.2 Å². The van der Waals surface area contributed by atoms with Gasteiger partial charge in [-0.3, -0.25) is 9.59 Å². The largest absolute Gasteiger partial charge is 0.497 e. The molecule has 146 valence electrons. The standard InChI is InChI=1S/C21H22N2O5/c1-13(2)11-23-18-6-5-15(9-19(18)28-12-20(23)24)22-21(25)14-7-16(26-3)10-17(8-14)27-4/h5-10H,1,11-12H2,2-4H3,(H,22,25). The Hall–Kier alpha value is -3.48. The highest BCUT2D eigenvalue weighted by Gasteiger charge is 2.25. The van der Waals surface area contributed by atoms with Gasteiger partial charge in [0.1, 0.15) is 17.2 Å². The van der Waals surface area contributed by atoms with Gasteiger partial charge < -0.3 is 24.4 Å². The number of carbonyl (C=O) groups is 2. The Morgan fingerprint density at radius 2 is 1.86 bits per heavy atom. The van der Waals surface area contributed by atoms with E-state index in [-0.39, 0.29) is 18.4 Å². The van der Waals surface area contributed by atoms with Gasteiger partial charge in [-0.2, -0.15) is 0 Å². The summed E-state index contributed by atoms with van der Waals surface area (Å²) in [7, 11) is 3.05. The number of fused-ring (bicyclic) bond motifs is 1. The first-order valence-electron chi connectivity index (χ1n) is 8.67. The van der Waals surface area contributed by atoms with Crippen molar-refractivity contribution in [2.24, 2.45) is 0 Å². The monoisotopic (exact) mass is 382 g/mol. The van der Waals surface area contributed by atoms with Crippen molar-refractivity contribution in [3.63, 3.8) is 0 Å². The Morgan fingerprint density at radius 1 is 1.18 bits per heavy atom. The molecular formula is C21H22N2O5. The van der Waals surface area contributed by atoms with E-state index in [1.165, 1.54) is 14.2 Å². The summed E-state index contributed by atoms with van der Waals surface area (Å²) in [5.41, 5.74) is 2.47. The third-order valence-corrected chi connectivity index (χ3v) is 4.20. The lowest BCUT2D eigenvalue weighted by atomic mass is 10.1. The fourth-order valence-corrected chi connectivity index (χ4v) is 2.87. The number of nitrogens with one attached hydrogen (secondary N) is 1. The molecule has 0 spiro atoms. The number of nitrogens with zero attached hydrogens (tertiary/aromatic N) is 1. The predicted molar refractivity (Wildman–Crippen MR) is 107 cm³/mol. The minimum atomic E-state index is -0.317. The number of hydrogen-bond donors (Lipinski definition) is 1. The van der Waals surface area contributed by atoms with Gasteiger partial charge in [0.05, 0.1) is 19.9 Å². The van der Waals surface area contributed by atoms with Gasteiger partial charge >= 0.3 is 0 Å². The molecule has 0 radical (unpaired) electrons. The molecule has 28 heavy (non-hydrogen) atoms. The molecule has 1 N–H and O–H groups in total. The lowest BCUT2D eigenvalue weighted by Gasteiger charge is -2.29. The van der Waals surface area contributed by atoms with Gasteiger partial charge in [0.15, 0.2) is 6.61 Å². The summed E-state index contributed by atoms with van der Waals surface area (Å²) >= 11 is 0. The van der Waals surface area contributed by atoms with Crippen LogP contribution in [-0.4, -0.2) is 39.2 Å². The molecule has 0 atom stereocenters. The molecule has 3 rings (SSSR count). The number of ether oxygens (including phenoxy) is 3. The number of hydrogen-bond acceptors (Lipinski definition) is 5. The Labute approximate surface area is 163 Å². The Morgan fingerprint density at radius 3 is 2.46 bits per heavy atom. The fourth-order valence-electron chi connectivity index (χ4n) is 2.87. The van der Waals surface area contributed by atoms with Crippen molar-refractivity contribution in [3.8, 4) is 17.2 Å². The number of amides is 2. The van der Waals surface area contributed by atoms with E-state index >= 15 is 0 Å². The van der Waals surface area contributed by atoms with E-state index in [2.05, 4.69) is 11.9 Å². The van der Waals surface area contributed by atoms with Crippen LogP contribution >= 0.6 is 0 Å². The first-order valence-corrected chi connectivity index (χ1v) is 8.67. The molecule has 0 aromatic heterocycles. The molecular weight excluding hydrogens is 360 g/mol. The maximum Gasteiger partial charge on any atom is 0.265 e. The summed E-state index contributed by atoms with van der Waals surface area (Å²) in [5.74, 6) is 1.12. The number of anilines is 2. The van der Waals surface area contributed by atoms with Gasteiger partial charge in [0.25, 0.3) is 11.8 Å². The molecule has 2 amide bonds. The molecule has 0 fully saturated rings. The number of benzene rings is 2. The molecule has 0 unspecified atom stereocenters. The van der Waals surface area contributed by atoms with Crippen LogP contribution in [0.4, 0.5) is 11.4 Å². The Bertz CT molecular complexity index is 916. The van der Waals surface area contributed by atoms with E-state index in [0.717, 1.165) is 5.57 Å². The van der Waals surface area contributed by atoms with Crippen LogP contribution in [0.2, 0.25) is 0 Å². The van der Waals surface area contributed by atoms with Crippen molar-refractivity contribution in [1.29, 1.82) is 0 Å². The van der Waals surface area contributed by atoms with Crippen molar-refractivity contribution in [3.05, 3.63) is 54.1 Å². The average molecular weight is 382 g/mol. The summed E-state index contributed by atoms with van der Waals surface area (Å²) in [6.45, 7) is 6.09. The number of rotatable bonds is 6. The van der Waals surface area contributed by atoms with Crippen LogP contribution in [0.3, 0.4) is 0 Å². The second-order valence-corrected chi connectivity index (χ2v) is 6.46. The molecule has 0 bridgehead atoms. The highest BCUT2D eigenvalue weighted by atomic mass is 16.5. The SMILES string of the molecule is C=C(C)CN1C(=O)COc2cc(NC(=O)c3cc(OC)cc(OC)c3)ccc21. The average Bonchev–Trinajstić information content (AvgIpc) is 2.69. The summed E-state index contributed by atoms with van der Waals surface area (Å²) < 4.78 is 15.9. The summed E-state index contributed by atoms with van der Waals surface area (Å²) in [5, 5.41) is 2.83. The van der Waals surface area contributed by atoms with Gasteiger partial charge in [0.2, 0.25) is 0 Å². The minimum absolute atomic E-state index is 0.0508. The van der Waals surface area contributed by atoms with Crippen molar-refractivity contribution in [1.82, 2.24) is 0 Å². The smallest absolute Gasteiger partial charge is 0.265 e. The van der Waals surface area contributed by atoms with E-state index in [1.807, 2.05) is 6.92 Å². The molecule has 7 nitrogen and oxygen atoms in total. The van der Waals surface area contributed by atoms with Gasteiger partial charge in [-0.05, 0) is 31.2 Å². The summed E-state index contributed by atoms with van der Waals surface area (Å²) in [6.07, 6.45) is 0. The summed E-state index contributed by atoms with van der Waals surface area (Å²) in [6, 6.07) is 10.1. The molecule has 0 saturated carbocycles. The van der Waals surface area contributed by atoms with Crippen LogP contribution in [0.15, 0.2) is 48.6 Å². The third kappa shape index (κ3) is 4.09. The minimum Gasteiger partial charge on any atom is -0.497 e. The topological polar surface area (TPSA) is 77.1 Å². The zero-order chi connectivity index (χ0) is 20.3. The van der Waals surface area contributed by atoms with Crippen LogP contribution < -0.4 is 24.4 Å². The molecule has 0 aliphatic carbocycles. The zero-order valence-corrected chi connectivity index (χ0v) is 16.1. The maximum atomic E-state index is 12.6. The Kier molecular flexibility index (Phi) is 5.54. The van der Waals surface area contributed by atoms with Crippen molar-refractivity contribution >= 4 is 23.2 Å². The highest BCUT2D eigenvalue weighted by molar-refractivity contribution is 6.05. The van der Waals surface area contributed by atoms with Crippen LogP contribution in [0, 0.1) is 0 Å². The van der Waals surface area contributed by atoms with E-state index < -0.39 is 0 Å². The van der Waals surface area contributed by atoms with E-state index in [0.29, 0.717) is 40.7 Å². The molecule has 1 heterocycles. The maximum absolute atomic E-state index is 12.6. The Balaban J connectivity index is 1.83. The first kappa shape index (κ1) is 19.3. The van der Waals surface area contributed by atoms with Gasteiger partial charge in [-0.1, -0.05) is 12.2 Å². The fraction of sp³-hybridized carbons (Fsp3) is 0.238. The number of carbonyl (C=O) groups excluding carboxylic acids is 2. The molecule has 2 aromatic rings. The first-order chi connectivity index (χ1) is 13.4. The van der Waals surface area contributed by atoms with E-state index in [1.54, 1.807) is 41.3 Å².